The maximum Gasteiger partial charge on any atom is 0.323 e. The summed E-state index contributed by atoms with van der Waals surface area (Å²) in [4.78, 5) is 24.2. The number of rotatable bonds is 2. The summed E-state index contributed by atoms with van der Waals surface area (Å²) in [5.41, 5.74) is -1.37. The normalized spacial score (nSPS) is 18.5. The van der Waals surface area contributed by atoms with Crippen LogP contribution in [0.5, 0.6) is 5.88 Å². The minimum Gasteiger partial charge on any atom is -0.494 e. The Morgan fingerprint density at radius 3 is 2.61 bits per heavy atom. The Balaban J connectivity index is 1.77. The first kappa shape index (κ1) is 17.5. The lowest BCUT2D eigenvalue weighted by atomic mass is 10.00. The van der Waals surface area contributed by atoms with E-state index in [1.807, 2.05) is 0 Å². The minimum atomic E-state index is -1.69. The molecule has 3 aromatic rings. The van der Waals surface area contributed by atoms with Crippen LogP contribution < -0.4 is 10.6 Å². The molecule has 1 aliphatic heterocycles. The second-order valence-electron chi connectivity index (χ2n) is 6.39. The topological polar surface area (TPSA) is 83.4 Å². The second-order valence-corrected chi connectivity index (χ2v) is 6.39. The van der Waals surface area contributed by atoms with Crippen molar-refractivity contribution in [2.24, 2.45) is 0 Å². The maximum absolute atomic E-state index is 13.5. The molecule has 0 bridgehead atoms. The third-order valence-corrected chi connectivity index (χ3v) is 4.42. The third kappa shape index (κ3) is 3.03. The Labute approximate surface area is 157 Å². The number of imide groups is 1. The summed E-state index contributed by atoms with van der Waals surface area (Å²) in [6.07, 6.45) is 1.52. The molecule has 0 spiro atoms. The molecule has 2 heterocycles. The summed E-state index contributed by atoms with van der Waals surface area (Å²) in [5, 5.41) is 15.8. The zero-order valence-electron chi connectivity index (χ0n) is 14.3. The molecule has 1 saturated heterocycles. The molecule has 1 aromatic heterocycles. The lowest BCUT2D eigenvalue weighted by Gasteiger charge is -2.20. The van der Waals surface area contributed by atoms with Crippen LogP contribution in [-0.2, 0) is 11.3 Å². The first-order valence-corrected chi connectivity index (χ1v) is 8.26. The Kier molecular flexibility index (Phi) is 4.00. The molecular formula is C20H13F2N3O3. The van der Waals surface area contributed by atoms with E-state index in [-0.39, 0.29) is 17.8 Å². The van der Waals surface area contributed by atoms with Gasteiger partial charge in [0.1, 0.15) is 11.6 Å². The molecule has 8 heteroatoms. The molecule has 1 aliphatic rings. The summed E-state index contributed by atoms with van der Waals surface area (Å²) in [5.74, 6) is 3.38. The molecule has 1 fully saturated rings. The van der Waals surface area contributed by atoms with Crippen molar-refractivity contribution in [1.29, 1.82) is 0 Å². The molecule has 4 rings (SSSR count). The number of aromatic nitrogens is 1. The Morgan fingerprint density at radius 1 is 1.11 bits per heavy atom. The van der Waals surface area contributed by atoms with Crippen molar-refractivity contribution in [3.05, 3.63) is 65.9 Å². The van der Waals surface area contributed by atoms with Gasteiger partial charge in [-0.25, -0.2) is 13.6 Å². The van der Waals surface area contributed by atoms with Gasteiger partial charge in [0.25, 0.3) is 5.91 Å². The predicted octanol–water partition coefficient (Wildman–Crippen LogP) is 2.26. The third-order valence-electron chi connectivity index (χ3n) is 4.42. The van der Waals surface area contributed by atoms with E-state index in [1.165, 1.54) is 47.2 Å². The smallest absolute Gasteiger partial charge is 0.323 e. The molecule has 0 aliphatic carbocycles. The Morgan fingerprint density at radius 2 is 1.89 bits per heavy atom. The highest BCUT2D eigenvalue weighted by molar-refractivity contribution is 6.09. The fourth-order valence-electron chi connectivity index (χ4n) is 3.07. The lowest BCUT2D eigenvalue weighted by molar-refractivity contribution is -0.122. The van der Waals surface area contributed by atoms with E-state index in [4.69, 9.17) is 0 Å². The van der Waals surface area contributed by atoms with Crippen LogP contribution in [0.25, 0.3) is 10.8 Å². The molecule has 0 radical (unpaired) electrons. The number of hydrogen-bond acceptors (Lipinski definition) is 3. The van der Waals surface area contributed by atoms with Crippen LogP contribution in [-0.4, -0.2) is 27.2 Å². The SMILES string of the molecule is O=C1NC(=O)[C@](C#Cc2cccc(F)c2)(Cn2cc3ccc(F)cc3c2O)N1. The van der Waals surface area contributed by atoms with Gasteiger partial charge in [-0.2, -0.15) is 0 Å². The second kappa shape index (κ2) is 6.39. The summed E-state index contributed by atoms with van der Waals surface area (Å²) in [6.45, 7) is -0.227. The molecule has 0 saturated carbocycles. The summed E-state index contributed by atoms with van der Waals surface area (Å²) in [7, 11) is 0. The van der Waals surface area contributed by atoms with E-state index in [1.54, 1.807) is 6.07 Å². The van der Waals surface area contributed by atoms with Crippen molar-refractivity contribution < 1.29 is 23.5 Å². The van der Waals surface area contributed by atoms with E-state index in [0.29, 0.717) is 10.9 Å². The fraction of sp³-hybridized carbons (Fsp3) is 0.100. The standard InChI is InChI=1S/C20H13F2N3O3/c21-14-3-1-2-12(8-14)6-7-20(18(27)23-19(28)24-20)11-25-10-13-4-5-15(22)9-16(13)17(25)26/h1-5,8-10,26H,11H2,(H2,23,24,27,28)/t20-/m0/s1. The molecule has 0 unspecified atom stereocenters. The lowest BCUT2D eigenvalue weighted by Crippen LogP contribution is -2.49. The average molecular weight is 381 g/mol. The van der Waals surface area contributed by atoms with Crippen molar-refractivity contribution in [1.82, 2.24) is 15.2 Å². The van der Waals surface area contributed by atoms with Crippen LogP contribution in [0.3, 0.4) is 0 Å². The summed E-state index contributed by atoms with van der Waals surface area (Å²) >= 11 is 0. The van der Waals surface area contributed by atoms with Crippen molar-refractivity contribution in [2.45, 2.75) is 12.1 Å². The van der Waals surface area contributed by atoms with Gasteiger partial charge < -0.3 is 15.0 Å². The molecule has 1 atom stereocenters. The van der Waals surface area contributed by atoms with Crippen LogP contribution in [0, 0.1) is 23.5 Å². The van der Waals surface area contributed by atoms with Crippen LogP contribution in [0.1, 0.15) is 5.56 Å². The van der Waals surface area contributed by atoms with Gasteiger partial charge in [-0.05, 0) is 36.4 Å². The highest BCUT2D eigenvalue weighted by atomic mass is 19.1. The number of amides is 3. The van der Waals surface area contributed by atoms with Crippen LogP contribution in [0.4, 0.5) is 13.6 Å². The number of benzene rings is 2. The molecule has 2 aromatic carbocycles. The number of nitrogens with one attached hydrogen (secondary N) is 2. The maximum atomic E-state index is 13.5. The van der Waals surface area contributed by atoms with E-state index in [2.05, 4.69) is 22.5 Å². The van der Waals surface area contributed by atoms with Crippen molar-refractivity contribution >= 4 is 22.7 Å². The molecule has 140 valence electrons. The molecule has 28 heavy (non-hydrogen) atoms. The van der Waals surface area contributed by atoms with Crippen LogP contribution in [0.15, 0.2) is 48.7 Å². The van der Waals surface area contributed by atoms with Gasteiger partial charge in [-0.3, -0.25) is 10.1 Å². The van der Waals surface area contributed by atoms with E-state index in [9.17, 15) is 23.5 Å². The van der Waals surface area contributed by atoms with Crippen LogP contribution in [0.2, 0.25) is 0 Å². The Hall–Kier alpha value is -3.86. The first-order valence-electron chi connectivity index (χ1n) is 8.26. The molecule has 6 nitrogen and oxygen atoms in total. The first-order chi connectivity index (χ1) is 13.4. The van der Waals surface area contributed by atoms with Gasteiger partial charge in [-0.1, -0.05) is 17.9 Å². The highest BCUT2D eigenvalue weighted by Crippen LogP contribution is 2.29. The van der Waals surface area contributed by atoms with E-state index >= 15 is 0 Å². The number of carbonyl (C=O) groups is 2. The number of urea groups is 1. The zero-order valence-corrected chi connectivity index (χ0v) is 14.3. The predicted molar refractivity (Wildman–Crippen MR) is 96.2 cm³/mol. The number of aromatic hydroxyl groups is 1. The summed E-state index contributed by atoms with van der Waals surface area (Å²) in [6, 6.07) is 8.64. The quantitative estimate of drug-likeness (QED) is 0.470. The molecular weight excluding hydrogens is 368 g/mol. The summed E-state index contributed by atoms with van der Waals surface area (Å²) < 4.78 is 28.1. The Bertz CT molecular complexity index is 1190. The number of fused-ring (bicyclic) bond motifs is 1. The number of carbonyl (C=O) groups excluding carboxylic acids is 2. The average Bonchev–Trinajstić information content (AvgIpc) is 3.10. The van der Waals surface area contributed by atoms with Crippen molar-refractivity contribution in [2.75, 3.05) is 0 Å². The van der Waals surface area contributed by atoms with E-state index in [0.717, 1.165) is 0 Å². The van der Waals surface area contributed by atoms with Gasteiger partial charge in [0.2, 0.25) is 5.54 Å². The van der Waals surface area contributed by atoms with Crippen molar-refractivity contribution in [3.8, 4) is 17.7 Å². The van der Waals surface area contributed by atoms with Gasteiger partial charge >= 0.3 is 6.03 Å². The molecule has 3 amide bonds. The van der Waals surface area contributed by atoms with Gasteiger partial charge in [0.15, 0.2) is 5.88 Å². The monoisotopic (exact) mass is 381 g/mol. The van der Waals surface area contributed by atoms with Gasteiger partial charge in [0, 0.05) is 22.5 Å². The van der Waals surface area contributed by atoms with Gasteiger partial charge in [-0.15, -0.1) is 0 Å². The fourth-order valence-corrected chi connectivity index (χ4v) is 3.07. The van der Waals surface area contributed by atoms with Crippen molar-refractivity contribution in [3.63, 3.8) is 0 Å². The number of halogens is 2. The van der Waals surface area contributed by atoms with Crippen LogP contribution >= 0.6 is 0 Å². The minimum absolute atomic E-state index is 0.227. The number of hydrogen-bond donors (Lipinski definition) is 3. The number of nitrogens with zero attached hydrogens (tertiary/aromatic N) is 1. The van der Waals surface area contributed by atoms with E-state index < -0.39 is 29.1 Å². The highest BCUT2D eigenvalue weighted by Gasteiger charge is 2.46. The van der Waals surface area contributed by atoms with Gasteiger partial charge in [0.05, 0.1) is 6.54 Å². The molecule has 3 N–H and O–H groups in total. The zero-order chi connectivity index (χ0) is 19.9. The largest absolute Gasteiger partial charge is 0.494 e.